The van der Waals surface area contributed by atoms with E-state index >= 15 is 0 Å². The molecule has 0 saturated heterocycles. The fraction of sp³-hybridized carbons (Fsp3) is 0.647. The molecule has 2 heteroatoms. The predicted octanol–water partition coefficient (Wildman–Crippen LogP) is 4.31. The smallest absolute Gasteiger partial charge is 0.123 e. The first kappa shape index (κ1) is 16.0. The number of benzene rings is 1. The van der Waals surface area contributed by atoms with Crippen LogP contribution in [-0.4, -0.2) is 13.7 Å². The number of unbranched alkanes of at least 4 members (excludes halogenated alkanes) is 1. The summed E-state index contributed by atoms with van der Waals surface area (Å²) >= 11 is 0. The van der Waals surface area contributed by atoms with E-state index < -0.39 is 0 Å². The fourth-order valence-corrected chi connectivity index (χ4v) is 2.28. The molecule has 0 amide bonds. The predicted molar refractivity (Wildman–Crippen MR) is 82.7 cm³/mol. The van der Waals surface area contributed by atoms with Gasteiger partial charge < -0.3 is 10.1 Å². The van der Waals surface area contributed by atoms with Gasteiger partial charge in [-0.1, -0.05) is 50.8 Å². The highest BCUT2D eigenvalue weighted by molar-refractivity contribution is 5.36. The summed E-state index contributed by atoms with van der Waals surface area (Å²) in [5, 5.41) is 3.21. The summed E-state index contributed by atoms with van der Waals surface area (Å²) in [6, 6.07) is 6.44. The summed E-state index contributed by atoms with van der Waals surface area (Å²) in [6.45, 7) is 8.34. The summed E-state index contributed by atoms with van der Waals surface area (Å²) in [6.07, 6.45) is 5.05. The average molecular weight is 263 g/mol. The van der Waals surface area contributed by atoms with Gasteiger partial charge in [-0.25, -0.2) is 0 Å². The van der Waals surface area contributed by atoms with Gasteiger partial charge in [0.05, 0.1) is 6.61 Å². The van der Waals surface area contributed by atoms with E-state index in [1.807, 2.05) is 7.05 Å². The second kappa shape index (κ2) is 8.98. The Bertz CT molecular complexity index is 362. The molecule has 0 aliphatic heterocycles. The molecule has 19 heavy (non-hydrogen) atoms. The van der Waals surface area contributed by atoms with E-state index in [2.05, 4.69) is 44.3 Å². The molecule has 1 atom stereocenters. The zero-order valence-corrected chi connectivity index (χ0v) is 13.0. The van der Waals surface area contributed by atoms with E-state index in [1.165, 1.54) is 36.8 Å². The van der Waals surface area contributed by atoms with Crippen molar-refractivity contribution in [2.45, 2.75) is 53.0 Å². The highest BCUT2D eigenvalue weighted by Crippen LogP contribution is 2.22. The van der Waals surface area contributed by atoms with Crippen LogP contribution in [0.25, 0.3) is 0 Å². The quantitative estimate of drug-likeness (QED) is 0.717. The minimum absolute atomic E-state index is 0.684. The molecule has 0 fully saturated rings. The number of hydrogen-bond donors (Lipinski definition) is 1. The normalized spacial score (nSPS) is 12.4. The highest BCUT2D eigenvalue weighted by atomic mass is 16.5. The van der Waals surface area contributed by atoms with Crippen molar-refractivity contribution in [1.29, 1.82) is 0 Å². The molecule has 0 aromatic heterocycles. The van der Waals surface area contributed by atoms with Crippen molar-refractivity contribution in [3.8, 4) is 5.75 Å². The second-order valence-corrected chi connectivity index (χ2v) is 5.37. The molecular weight excluding hydrogens is 234 g/mol. The third-order valence-electron chi connectivity index (χ3n) is 3.60. The molecule has 0 aliphatic rings. The third-order valence-corrected chi connectivity index (χ3v) is 3.60. The van der Waals surface area contributed by atoms with Gasteiger partial charge in [-0.2, -0.15) is 0 Å². The van der Waals surface area contributed by atoms with Gasteiger partial charge in [0.15, 0.2) is 0 Å². The van der Waals surface area contributed by atoms with E-state index in [0.717, 1.165) is 18.9 Å². The summed E-state index contributed by atoms with van der Waals surface area (Å²) in [7, 11) is 1.97. The van der Waals surface area contributed by atoms with Gasteiger partial charge in [-0.3, -0.25) is 0 Å². The zero-order chi connectivity index (χ0) is 14.1. The summed E-state index contributed by atoms with van der Waals surface area (Å²) < 4.78 is 6.05. The number of nitrogens with one attached hydrogen (secondary N) is 1. The van der Waals surface area contributed by atoms with Crippen LogP contribution in [-0.2, 0) is 6.54 Å². The number of aryl methyl sites for hydroxylation is 1. The average Bonchev–Trinajstić information content (AvgIpc) is 2.41. The van der Waals surface area contributed by atoms with E-state index in [-0.39, 0.29) is 0 Å². The minimum Gasteiger partial charge on any atom is -0.493 e. The summed E-state index contributed by atoms with van der Waals surface area (Å²) in [5.41, 5.74) is 2.54. The van der Waals surface area contributed by atoms with Gasteiger partial charge in [-0.15, -0.1) is 0 Å². The van der Waals surface area contributed by atoms with Crippen molar-refractivity contribution in [3.05, 3.63) is 29.3 Å². The summed E-state index contributed by atoms with van der Waals surface area (Å²) in [5.74, 6) is 1.72. The molecule has 1 N–H and O–H groups in total. The lowest BCUT2D eigenvalue weighted by molar-refractivity contribution is 0.231. The standard InChI is InChI=1S/C17H29NO/c1-5-7-8-15(6-2)13-19-17-10-9-14(3)11-16(17)12-18-4/h9-11,15,18H,5-8,12-13H2,1-4H3. The molecule has 0 radical (unpaired) electrons. The van der Waals surface area contributed by atoms with Gasteiger partial charge in [0.25, 0.3) is 0 Å². The molecule has 1 unspecified atom stereocenters. The van der Waals surface area contributed by atoms with Crippen molar-refractivity contribution in [1.82, 2.24) is 5.32 Å². The molecule has 0 saturated carbocycles. The van der Waals surface area contributed by atoms with Crippen molar-refractivity contribution in [2.24, 2.45) is 5.92 Å². The Balaban J connectivity index is 2.60. The van der Waals surface area contributed by atoms with Crippen molar-refractivity contribution < 1.29 is 4.74 Å². The van der Waals surface area contributed by atoms with Gasteiger partial charge in [-0.05, 0) is 32.4 Å². The van der Waals surface area contributed by atoms with Gasteiger partial charge in [0, 0.05) is 12.1 Å². The van der Waals surface area contributed by atoms with Gasteiger partial charge in [0.2, 0.25) is 0 Å². The molecule has 108 valence electrons. The van der Waals surface area contributed by atoms with Crippen LogP contribution in [0.1, 0.15) is 50.7 Å². The highest BCUT2D eigenvalue weighted by Gasteiger charge is 2.09. The summed E-state index contributed by atoms with van der Waals surface area (Å²) in [4.78, 5) is 0. The van der Waals surface area contributed by atoms with E-state index in [9.17, 15) is 0 Å². The molecule has 1 rings (SSSR count). The Morgan fingerprint density at radius 3 is 2.68 bits per heavy atom. The topological polar surface area (TPSA) is 21.3 Å². The van der Waals surface area contributed by atoms with Crippen LogP contribution in [0.15, 0.2) is 18.2 Å². The number of ether oxygens (including phenoxy) is 1. The molecule has 2 nitrogen and oxygen atoms in total. The van der Waals surface area contributed by atoms with Crippen LogP contribution < -0.4 is 10.1 Å². The lowest BCUT2D eigenvalue weighted by Gasteiger charge is -2.18. The molecule has 0 bridgehead atoms. The SMILES string of the molecule is CCCCC(CC)COc1ccc(C)cc1CNC. The molecular formula is C17H29NO. The Morgan fingerprint density at radius 1 is 1.26 bits per heavy atom. The van der Waals surface area contributed by atoms with E-state index in [0.29, 0.717) is 5.92 Å². The van der Waals surface area contributed by atoms with Crippen molar-refractivity contribution in [3.63, 3.8) is 0 Å². The third kappa shape index (κ3) is 5.65. The van der Waals surface area contributed by atoms with E-state index in [4.69, 9.17) is 4.74 Å². The molecule has 0 spiro atoms. The Morgan fingerprint density at radius 2 is 2.05 bits per heavy atom. The minimum atomic E-state index is 0.684. The van der Waals surface area contributed by atoms with Crippen LogP contribution in [0.2, 0.25) is 0 Å². The maximum absolute atomic E-state index is 6.05. The first-order valence-corrected chi connectivity index (χ1v) is 7.58. The van der Waals surface area contributed by atoms with Gasteiger partial charge in [0.1, 0.15) is 5.75 Å². The maximum atomic E-state index is 6.05. The van der Waals surface area contributed by atoms with Crippen LogP contribution in [0.3, 0.4) is 0 Å². The monoisotopic (exact) mass is 263 g/mol. The molecule has 1 aromatic rings. The zero-order valence-electron chi connectivity index (χ0n) is 13.0. The Kier molecular flexibility index (Phi) is 7.57. The van der Waals surface area contributed by atoms with E-state index in [1.54, 1.807) is 0 Å². The first-order valence-electron chi connectivity index (χ1n) is 7.58. The lowest BCUT2D eigenvalue weighted by atomic mass is 10.0. The van der Waals surface area contributed by atoms with Gasteiger partial charge >= 0.3 is 0 Å². The largest absolute Gasteiger partial charge is 0.493 e. The Labute approximate surface area is 118 Å². The Hall–Kier alpha value is -1.02. The molecule has 1 aromatic carbocycles. The second-order valence-electron chi connectivity index (χ2n) is 5.37. The van der Waals surface area contributed by atoms with Crippen LogP contribution in [0.4, 0.5) is 0 Å². The van der Waals surface area contributed by atoms with Crippen molar-refractivity contribution >= 4 is 0 Å². The maximum Gasteiger partial charge on any atom is 0.123 e. The van der Waals surface area contributed by atoms with Crippen LogP contribution in [0, 0.1) is 12.8 Å². The molecule has 0 aliphatic carbocycles. The number of hydrogen-bond acceptors (Lipinski definition) is 2. The fourth-order valence-electron chi connectivity index (χ4n) is 2.28. The number of rotatable bonds is 9. The van der Waals surface area contributed by atoms with Crippen LogP contribution in [0.5, 0.6) is 5.75 Å². The molecule has 0 heterocycles. The van der Waals surface area contributed by atoms with Crippen LogP contribution >= 0.6 is 0 Å². The lowest BCUT2D eigenvalue weighted by Crippen LogP contribution is -2.13. The van der Waals surface area contributed by atoms with Crippen molar-refractivity contribution in [2.75, 3.05) is 13.7 Å². The first-order chi connectivity index (χ1) is 9.21.